The van der Waals surface area contributed by atoms with E-state index < -0.39 is 12.0 Å². The minimum Gasteiger partial charge on any atom is -0.457 e. The molecule has 0 radical (unpaired) electrons. The molecule has 0 saturated heterocycles. The van der Waals surface area contributed by atoms with Gasteiger partial charge in [0.2, 0.25) is 0 Å². The molecule has 1 aromatic heterocycles. The van der Waals surface area contributed by atoms with Crippen LogP contribution in [0.15, 0.2) is 77.8 Å². The van der Waals surface area contributed by atoms with Gasteiger partial charge < -0.3 is 4.74 Å². The van der Waals surface area contributed by atoms with Gasteiger partial charge in [-0.2, -0.15) is 0 Å². The monoisotopic (exact) mass is 437 g/mol. The Hall–Kier alpha value is -3.87. The van der Waals surface area contributed by atoms with Crippen LogP contribution in [0.5, 0.6) is 0 Å². The molecule has 4 aromatic rings. The number of hydrogen-bond donors (Lipinski definition) is 0. The third-order valence-corrected chi connectivity index (χ3v) is 6.60. The quantitative estimate of drug-likeness (QED) is 0.418. The number of nitrogens with zero attached hydrogens (tertiary/aromatic N) is 5. The molecule has 1 saturated carbocycles. The molecule has 1 fully saturated rings. The van der Waals surface area contributed by atoms with Crippen molar-refractivity contribution in [3.63, 3.8) is 0 Å². The number of carbonyl (C=O) groups is 1. The predicted octanol–water partition coefficient (Wildman–Crippen LogP) is 4.83. The zero-order valence-corrected chi connectivity index (χ0v) is 18.2. The van der Waals surface area contributed by atoms with Crippen LogP contribution in [0.1, 0.15) is 43.0 Å². The molecule has 6 rings (SSSR count). The van der Waals surface area contributed by atoms with Gasteiger partial charge in [-0.1, -0.05) is 77.9 Å². The highest BCUT2D eigenvalue weighted by Crippen LogP contribution is 2.45. The van der Waals surface area contributed by atoms with Crippen LogP contribution in [0.25, 0.3) is 10.8 Å². The molecule has 0 spiro atoms. The normalized spacial score (nSPS) is 20.7. The largest absolute Gasteiger partial charge is 0.457 e. The average Bonchev–Trinajstić information content (AvgIpc) is 3.59. The molecule has 3 aromatic carbocycles. The van der Waals surface area contributed by atoms with Gasteiger partial charge in [0.1, 0.15) is 18.1 Å². The smallest absolute Gasteiger partial charge is 0.317 e. The lowest BCUT2D eigenvalue weighted by atomic mass is 9.86. The van der Waals surface area contributed by atoms with Crippen LogP contribution in [0.3, 0.4) is 0 Å². The maximum atomic E-state index is 13.8. The Labute approximate surface area is 191 Å². The van der Waals surface area contributed by atoms with Crippen LogP contribution in [-0.4, -0.2) is 31.9 Å². The molecule has 1 aliphatic heterocycles. The van der Waals surface area contributed by atoms with Crippen molar-refractivity contribution in [3.8, 4) is 0 Å². The Morgan fingerprint density at radius 2 is 1.76 bits per heavy atom. The van der Waals surface area contributed by atoms with E-state index in [1.807, 2.05) is 61.5 Å². The van der Waals surface area contributed by atoms with Crippen LogP contribution >= 0.6 is 0 Å². The van der Waals surface area contributed by atoms with Gasteiger partial charge in [-0.25, -0.2) is 9.67 Å². The average molecular weight is 438 g/mol. The Morgan fingerprint density at radius 3 is 2.58 bits per heavy atom. The molecule has 0 N–H and O–H groups in total. The number of fused-ring (bicyclic) bond motifs is 2. The molecular formula is C26H23N5O2. The number of aliphatic imine (C=N–C) groups is 1. The number of tetrazole rings is 1. The van der Waals surface area contributed by atoms with Crippen molar-refractivity contribution in [3.05, 3.63) is 83.9 Å². The van der Waals surface area contributed by atoms with Gasteiger partial charge in [-0.05, 0) is 52.1 Å². The van der Waals surface area contributed by atoms with E-state index in [1.165, 1.54) is 0 Å². The molecule has 3 unspecified atom stereocenters. The fourth-order valence-electron chi connectivity index (χ4n) is 4.84. The molecule has 2 heterocycles. The third-order valence-electron chi connectivity index (χ3n) is 6.60. The summed E-state index contributed by atoms with van der Waals surface area (Å²) in [5.41, 5.74) is 2.66. The van der Waals surface area contributed by atoms with Crippen molar-refractivity contribution in [2.45, 2.75) is 31.9 Å². The van der Waals surface area contributed by atoms with Gasteiger partial charge in [0, 0.05) is 11.6 Å². The first kappa shape index (κ1) is 19.8. The van der Waals surface area contributed by atoms with Crippen molar-refractivity contribution < 1.29 is 9.53 Å². The number of carbonyl (C=O) groups excluding carboxylic acids is 1. The van der Waals surface area contributed by atoms with Crippen molar-refractivity contribution in [1.29, 1.82) is 0 Å². The summed E-state index contributed by atoms with van der Waals surface area (Å²) in [6.45, 7) is 1.86. The third kappa shape index (κ3) is 3.50. The second-order valence-corrected chi connectivity index (χ2v) is 8.77. The Bertz CT molecular complexity index is 1350. The minimum atomic E-state index is -0.628. The second kappa shape index (κ2) is 7.92. The van der Waals surface area contributed by atoms with Gasteiger partial charge in [0.25, 0.3) is 5.95 Å². The van der Waals surface area contributed by atoms with Crippen molar-refractivity contribution in [1.82, 2.24) is 20.2 Å². The zero-order valence-electron chi connectivity index (χ0n) is 18.2. The molecule has 33 heavy (non-hydrogen) atoms. The predicted molar refractivity (Wildman–Crippen MR) is 124 cm³/mol. The summed E-state index contributed by atoms with van der Waals surface area (Å²) in [6.07, 6.45) is 1.87. The number of rotatable bonds is 5. The number of esters is 1. The highest BCUT2D eigenvalue weighted by molar-refractivity contribution is 6.04. The van der Waals surface area contributed by atoms with Gasteiger partial charge in [0.05, 0.1) is 0 Å². The number of ether oxygens (including phenoxy) is 1. The number of hydrogen-bond acceptors (Lipinski definition) is 6. The maximum absolute atomic E-state index is 13.8. The minimum absolute atomic E-state index is 0.255. The van der Waals surface area contributed by atoms with Gasteiger partial charge in [-0.15, -0.1) is 0 Å². The Morgan fingerprint density at radius 1 is 1.00 bits per heavy atom. The molecule has 1 aliphatic carbocycles. The van der Waals surface area contributed by atoms with E-state index in [1.54, 1.807) is 4.68 Å². The van der Waals surface area contributed by atoms with Crippen LogP contribution in [0.4, 0.5) is 5.95 Å². The number of benzene rings is 3. The van der Waals surface area contributed by atoms with E-state index in [0.717, 1.165) is 34.7 Å². The molecule has 0 bridgehead atoms. The lowest BCUT2D eigenvalue weighted by Crippen LogP contribution is -2.37. The summed E-state index contributed by atoms with van der Waals surface area (Å²) in [4.78, 5) is 18.3. The summed E-state index contributed by atoms with van der Waals surface area (Å²) in [5.74, 6) is -0.166. The Balaban J connectivity index is 1.43. The molecule has 7 heteroatoms. The van der Waals surface area contributed by atoms with E-state index in [4.69, 9.17) is 4.74 Å². The molecular weight excluding hydrogens is 414 g/mol. The highest BCUT2D eigenvalue weighted by atomic mass is 16.5. The first-order chi connectivity index (χ1) is 16.2. The molecule has 2 aliphatic rings. The lowest BCUT2D eigenvalue weighted by molar-refractivity contribution is -0.154. The van der Waals surface area contributed by atoms with Crippen molar-refractivity contribution in [2.24, 2.45) is 16.8 Å². The van der Waals surface area contributed by atoms with Crippen molar-refractivity contribution in [2.75, 3.05) is 0 Å². The number of aromatic nitrogens is 4. The summed E-state index contributed by atoms with van der Waals surface area (Å²) in [6, 6.07) is 23.8. The van der Waals surface area contributed by atoms with E-state index in [-0.39, 0.29) is 12.1 Å². The maximum Gasteiger partial charge on any atom is 0.317 e. The summed E-state index contributed by atoms with van der Waals surface area (Å²) >= 11 is 0. The fourth-order valence-corrected chi connectivity index (χ4v) is 4.84. The van der Waals surface area contributed by atoms with Crippen LogP contribution in [-0.2, 0) is 9.53 Å². The van der Waals surface area contributed by atoms with E-state index in [0.29, 0.717) is 17.6 Å². The fraction of sp³-hybridized carbons (Fsp3) is 0.269. The lowest BCUT2D eigenvalue weighted by Gasteiger charge is -2.31. The van der Waals surface area contributed by atoms with E-state index in [2.05, 4.69) is 38.7 Å². The first-order valence-corrected chi connectivity index (χ1v) is 11.3. The molecule has 0 amide bonds. The van der Waals surface area contributed by atoms with Crippen LogP contribution < -0.4 is 0 Å². The molecule has 164 valence electrons. The van der Waals surface area contributed by atoms with Crippen LogP contribution in [0.2, 0.25) is 0 Å². The second-order valence-electron chi connectivity index (χ2n) is 8.77. The van der Waals surface area contributed by atoms with E-state index >= 15 is 0 Å². The van der Waals surface area contributed by atoms with E-state index in [9.17, 15) is 4.79 Å². The van der Waals surface area contributed by atoms with Crippen molar-refractivity contribution >= 4 is 28.4 Å². The molecule has 7 nitrogen and oxygen atoms in total. The topological polar surface area (TPSA) is 82.3 Å². The summed E-state index contributed by atoms with van der Waals surface area (Å²) < 4.78 is 7.87. The van der Waals surface area contributed by atoms with Gasteiger partial charge >= 0.3 is 5.97 Å². The Kier molecular flexibility index (Phi) is 4.75. The van der Waals surface area contributed by atoms with Gasteiger partial charge in [-0.3, -0.25) is 4.79 Å². The zero-order chi connectivity index (χ0) is 22.4. The molecule has 3 atom stereocenters. The van der Waals surface area contributed by atoms with Crippen LogP contribution in [0, 0.1) is 11.8 Å². The SMILES string of the molecule is CC1=Nc2nnnn2C(c2cccc3ccccc23)C1C(=O)OC(c1ccccc1)C1CC1. The summed E-state index contributed by atoms with van der Waals surface area (Å²) in [7, 11) is 0. The summed E-state index contributed by atoms with van der Waals surface area (Å²) in [5, 5.41) is 14.3. The van der Waals surface area contributed by atoms with Gasteiger partial charge in [0.15, 0.2) is 0 Å². The standard InChI is InChI=1S/C26H23N5O2/c1-16-22(25(32)33-24(19-14-15-19)18-9-3-2-4-10-18)23(31-26(27-16)28-29-30-31)21-13-7-11-17-8-5-6-12-20(17)21/h2-13,19,22-24H,14-15H2,1H3. The first-order valence-electron chi connectivity index (χ1n) is 11.3. The highest BCUT2D eigenvalue weighted by Gasteiger charge is 2.43.